The first-order valence-electron chi connectivity index (χ1n) is 8.51. The van der Waals surface area contributed by atoms with Crippen LogP contribution in [0.4, 0.5) is 20.3 Å². The summed E-state index contributed by atoms with van der Waals surface area (Å²) in [5.41, 5.74) is 0.762. The number of para-hydroxylation sites is 1. The molecule has 2 N–H and O–H groups in total. The molecule has 0 unspecified atom stereocenters. The van der Waals surface area contributed by atoms with Crippen LogP contribution in [-0.4, -0.2) is 28.9 Å². The lowest BCUT2D eigenvalue weighted by molar-refractivity contribution is 0.102. The van der Waals surface area contributed by atoms with Crippen LogP contribution in [0, 0.1) is 11.6 Å². The normalized spacial score (nSPS) is 11.4. The van der Waals surface area contributed by atoms with Crippen molar-refractivity contribution in [3.63, 3.8) is 0 Å². The largest absolute Gasteiger partial charge is 0.322 e. The number of rotatable bonds is 5. The Bertz CT molecular complexity index is 1340. The minimum absolute atomic E-state index is 0.0917. The van der Waals surface area contributed by atoms with Gasteiger partial charge in [-0.15, -0.1) is 0 Å². The number of anilines is 2. The molecule has 0 aliphatic rings. The predicted molar refractivity (Wildman–Crippen MR) is 105 cm³/mol. The van der Waals surface area contributed by atoms with E-state index in [1.165, 1.54) is 23.0 Å². The molecule has 2 aromatic carbocycles. The highest BCUT2D eigenvalue weighted by Crippen LogP contribution is 2.19. The molecule has 0 aliphatic heterocycles. The maximum atomic E-state index is 13.4. The lowest BCUT2D eigenvalue weighted by Crippen LogP contribution is -2.15. The van der Waals surface area contributed by atoms with Gasteiger partial charge >= 0.3 is 0 Å². The number of sulfonamides is 1. The molecule has 0 spiro atoms. The molecular weight excluding hydrogens is 416 g/mol. The van der Waals surface area contributed by atoms with Gasteiger partial charge in [-0.2, -0.15) is 5.10 Å². The number of nitrogens with one attached hydrogen (secondary N) is 2. The van der Waals surface area contributed by atoms with Crippen LogP contribution in [0.2, 0.25) is 0 Å². The standard InChI is InChI=1S/C19H13F2N5O3S/c20-12-8-13(21)10-15(9-12)30(28,29)25-17-6-7-26-18(24-17)16(11-22-26)19(27)23-14-4-2-1-3-5-14/h1-11H,(H,23,27)(H,24,25). The lowest BCUT2D eigenvalue weighted by atomic mass is 10.2. The molecule has 2 aromatic heterocycles. The van der Waals surface area contributed by atoms with Gasteiger partial charge in [0.25, 0.3) is 15.9 Å². The second-order valence-electron chi connectivity index (χ2n) is 6.17. The Morgan fingerprint density at radius 2 is 1.70 bits per heavy atom. The van der Waals surface area contributed by atoms with Gasteiger partial charge in [0.05, 0.1) is 11.1 Å². The van der Waals surface area contributed by atoms with Gasteiger partial charge in [-0.3, -0.25) is 9.52 Å². The van der Waals surface area contributed by atoms with Gasteiger partial charge in [-0.1, -0.05) is 18.2 Å². The molecule has 4 aromatic rings. The summed E-state index contributed by atoms with van der Waals surface area (Å²) in [7, 11) is -4.31. The molecule has 8 nitrogen and oxygen atoms in total. The number of hydrogen-bond donors (Lipinski definition) is 2. The summed E-state index contributed by atoms with van der Waals surface area (Å²) in [6.45, 7) is 0. The number of carbonyl (C=O) groups is 1. The molecule has 0 atom stereocenters. The van der Waals surface area contributed by atoms with Crippen molar-refractivity contribution in [3.8, 4) is 0 Å². The van der Waals surface area contributed by atoms with Gasteiger partial charge in [0, 0.05) is 18.0 Å². The van der Waals surface area contributed by atoms with E-state index in [2.05, 4.69) is 20.1 Å². The maximum absolute atomic E-state index is 13.4. The summed E-state index contributed by atoms with van der Waals surface area (Å²) in [6, 6.07) is 11.9. The van der Waals surface area contributed by atoms with Crippen LogP contribution in [0.3, 0.4) is 0 Å². The van der Waals surface area contributed by atoms with Gasteiger partial charge < -0.3 is 5.32 Å². The predicted octanol–water partition coefficient (Wildman–Crippen LogP) is 3.06. The molecule has 0 radical (unpaired) electrons. The van der Waals surface area contributed by atoms with E-state index < -0.39 is 32.5 Å². The summed E-state index contributed by atoms with van der Waals surface area (Å²) in [5.74, 6) is -2.71. The fraction of sp³-hybridized carbons (Fsp3) is 0. The molecule has 0 bridgehead atoms. The first kappa shape index (κ1) is 19.5. The molecule has 0 aliphatic carbocycles. The number of amides is 1. The quantitative estimate of drug-likeness (QED) is 0.507. The van der Waals surface area contributed by atoms with Crippen molar-refractivity contribution >= 4 is 33.1 Å². The molecule has 0 saturated heterocycles. The number of hydrogen-bond acceptors (Lipinski definition) is 5. The average molecular weight is 429 g/mol. The second-order valence-corrected chi connectivity index (χ2v) is 7.85. The van der Waals surface area contributed by atoms with E-state index in [-0.39, 0.29) is 17.0 Å². The summed E-state index contributed by atoms with van der Waals surface area (Å²) >= 11 is 0. The Kier molecular flexibility index (Phi) is 4.88. The van der Waals surface area contributed by atoms with Crippen LogP contribution in [0.15, 0.2) is 71.9 Å². The fourth-order valence-electron chi connectivity index (χ4n) is 2.69. The number of nitrogens with zero attached hydrogens (tertiary/aromatic N) is 3. The minimum Gasteiger partial charge on any atom is -0.322 e. The van der Waals surface area contributed by atoms with E-state index in [4.69, 9.17) is 0 Å². The summed E-state index contributed by atoms with van der Waals surface area (Å²) in [5, 5.41) is 6.71. The third-order valence-corrected chi connectivity index (χ3v) is 5.36. The first-order valence-corrected chi connectivity index (χ1v) is 10.00. The van der Waals surface area contributed by atoms with E-state index in [9.17, 15) is 22.0 Å². The second kappa shape index (κ2) is 7.52. The number of halogens is 2. The SMILES string of the molecule is O=C(Nc1ccccc1)c1cnn2ccc(NS(=O)(=O)c3cc(F)cc(F)c3)nc12. The molecule has 2 heterocycles. The Labute approximate surface area is 169 Å². The van der Waals surface area contributed by atoms with Crippen molar-refractivity contribution in [2.24, 2.45) is 0 Å². The highest BCUT2D eigenvalue weighted by atomic mass is 32.2. The van der Waals surface area contributed by atoms with Crippen LogP contribution in [0.1, 0.15) is 10.4 Å². The average Bonchev–Trinajstić information content (AvgIpc) is 3.11. The number of benzene rings is 2. The van der Waals surface area contributed by atoms with Crippen LogP contribution < -0.4 is 10.0 Å². The van der Waals surface area contributed by atoms with Crippen molar-refractivity contribution in [2.45, 2.75) is 4.90 Å². The summed E-state index contributed by atoms with van der Waals surface area (Å²) in [4.78, 5) is 16.1. The van der Waals surface area contributed by atoms with Crippen molar-refractivity contribution in [2.75, 3.05) is 10.0 Å². The van der Waals surface area contributed by atoms with Gasteiger partial charge in [-0.25, -0.2) is 26.7 Å². The van der Waals surface area contributed by atoms with E-state index in [1.54, 1.807) is 30.3 Å². The molecule has 11 heteroatoms. The van der Waals surface area contributed by atoms with E-state index in [1.807, 2.05) is 0 Å². The lowest BCUT2D eigenvalue weighted by Gasteiger charge is -2.08. The van der Waals surface area contributed by atoms with Crippen LogP contribution in [-0.2, 0) is 10.0 Å². The van der Waals surface area contributed by atoms with E-state index >= 15 is 0 Å². The molecule has 30 heavy (non-hydrogen) atoms. The monoisotopic (exact) mass is 429 g/mol. The highest BCUT2D eigenvalue weighted by molar-refractivity contribution is 7.92. The van der Waals surface area contributed by atoms with Crippen molar-refractivity contribution in [1.82, 2.24) is 14.6 Å². The molecular formula is C19H13F2N5O3S. The molecule has 4 rings (SSSR count). The van der Waals surface area contributed by atoms with Crippen molar-refractivity contribution in [3.05, 3.63) is 84.2 Å². The van der Waals surface area contributed by atoms with Crippen molar-refractivity contribution < 1.29 is 22.0 Å². The number of aromatic nitrogens is 3. The first-order chi connectivity index (χ1) is 14.3. The van der Waals surface area contributed by atoms with Crippen LogP contribution in [0.25, 0.3) is 5.65 Å². The van der Waals surface area contributed by atoms with E-state index in [0.29, 0.717) is 23.9 Å². The third-order valence-electron chi connectivity index (χ3n) is 4.03. The maximum Gasteiger partial charge on any atom is 0.263 e. The summed E-state index contributed by atoms with van der Waals surface area (Å²) in [6.07, 6.45) is 2.69. The molecule has 0 fully saturated rings. The summed E-state index contributed by atoms with van der Waals surface area (Å²) < 4.78 is 55.1. The van der Waals surface area contributed by atoms with Gasteiger partial charge in [0.15, 0.2) is 5.65 Å². The third kappa shape index (κ3) is 3.96. The Morgan fingerprint density at radius 3 is 2.40 bits per heavy atom. The highest BCUT2D eigenvalue weighted by Gasteiger charge is 2.19. The molecule has 152 valence electrons. The fourth-order valence-corrected chi connectivity index (χ4v) is 3.73. The molecule has 0 saturated carbocycles. The van der Waals surface area contributed by atoms with E-state index in [0.717, 1.165) is 0 Å². The van der Waals surface area contributed by atoms with Gasteiger partial charge in [0.1, 0.15) is 23.0 Å². The van der Waals surface area contributed by atoms with Gasteiger partial charge in [-0.05, 0) is 30.3 Å². The Morgan fingerprint density at radius 1 is 1.00 bits per heavy atom. The number of fused-ring (bicyclic) bond motifs is 1. The van der Waals surface area contributed by atoms with Crippen LogP contribution >= 0.6 is 0 Å². The molecule has 1 amide bonds. The van der Waals surface area contributed by atoms with Gasteiger partial charge in [0.2, 0.25) is 0 Å². The zero-order valence-corrected chi connectivity index (χ0v) is 15.9. The Hall–Kier alpha value is -3.86. The smallest absolute Gasteiger partial charge is 0.263 e. The number of carbonyl (C=O) groups excluding carboxylic acids is 1. The zero-order valence-electron chi connectivity index (χ0n) is 15.1. The minimum atomic E-state index is -4.31. The Balaban J connectivity index is 1.65. The zero-order chi connectivity index (χ0) is 21.3. The van der Waals surface area contributed by atoms with Crippen molar-refractivity contribution in [1.29, 1.82) is 0 Å². The topological polar surface area (TPSA) is 105 Å². The van der Waals surface area contributed by atoms with Crippen LogP contribution in [0.5, 0.6) is 0 Å².